The summed E-state index contributed by atoms with van der Waals surface area (Å²) < 4.78 is 4.96. The molecular formula is C17H18ClN3O3. The van der Waals surface area contributed by atoms with Gasteiger partial charge in [-0.1, -0.05) is 17.7 Å². The first-order valence-corrected chi connectivity index (χ1v) is 8.14. The van der Waals surface area contributed by atoms with E-state index in [1.807, 2.05) is 0 Å². The normalized spacial score (nSPS) is 15.0. The molecule has 0 radical (unpaired) electrons. The van der Waals surface area contributed by atoms with Crippen LogP contribution in [0.2, 0.25) is 5.02 Å². The second kappa shape index (κ2) is 7.40. The molecule has 7 heteroatoms. The van der Waals surface area contributed by atoms with Crippen molar-refractivity contribution in [3.63, 3.8) is 0 Å². The van der Waals surface area contributed by atoms with Gasteiger partial charge in [0.1, 0.15) is 6.26 Å². The third kappa shape index (κ3) is 3.89. The van der Waals surface area contributed by atoms with E-state index < -0.39 is 0 Å². The number of halogens is 1. The van der Waals surface area contributed by atoms with E-state index in [0.717, 1.165) is 6.42 Å². The minimum Gasteiger partial charge on any atom is -0.472 e. The fourth-order valence-corrected chi connectivity index (χ4v) is 2.85. The van der Waals surface area contributed by atoms with Gasteiger partial charge < -0.3 is 19.5 Å². The molecule has 6 nitrogen and oxygen atoms in total. The van der Waals surface area contributed by atoms with E-state index in [1.54, 1.807) is 40.1 Å². The van der Waals surface area contributed by atoms with Crippen molar-refractivity contribution < 1.29 is 14.0 Å². The van der Waals surface area contributed by atoms with Crippen LogP contribution in [-0.4, -0.2) is 47.9 Å². The quantitative estimate of drug-likeness (QED) is 0.906. The highest BCUT2D eigenvalue weighted by Crippen LogP contribution is 2.16. The Morgan fingerprint density at radius 1 is 1.08 bits per heavy atom. The molecule has 0 saturated carbocycles. The lowest BCUT2D eigenvalue weighted by molar-refractivity contribution is 0.0762. The molecule has 0 bridgehead atoms. The fraction of sp³-hybridized carbons (Fsp3) is 0.294. The maximum Gasteiger partial charge on any atom is 0.321 e. The molecule has 3 rings (SSSR count). The second-order valence-electron chi connectivity index (χ2n) is 5.59. The summed E-state index contributed by atoms with van der Waals surface area (Å²) in [7, 11) is 0. The zero-order chi connectivity index (χ0) is 16.9. The van der Waals surface area contributed by atoms with Crippen molar-refractivity contribution in [3.05, 3.63) is 53.4 Å². The maximum absolute atomic E-state index is 12.4. The number of furan rings is 1. The summed E-state index contributed by atoms with van der Waals surface area (Å²) in [5.41, 5.74) is 1.19. The van der Waals surface area contributed by atoms with Crippen molar-refractivity contribution in [1.29, 1.82) is 0 Å². The minimum absolute atomic E-state index is 0.0687. The number of amides is 3. The first-order valence-electron chi connectivity index (χ1n) is 7.76. The van der Waals surface area contributed by atoms with Crippen LogP contribution >= 0.6 is 11.6 Å². The highest BCUT2D eigenvalue weighted by atomic mass is 35.5. The van der Waals surface area contributed by atoms with Gasteiger partial charge in [0, 0.05) is 36.9 Å². The second-order valence-corrected chi connectivity index (χ2v) is 6.02. The monoisotopic (exact) mass is 347 g/mol. The number of nitrogens with zero attached hydrogens (tertiary/aromatic N) is 2. The molecule has 126 valence electrons. The lowest BCUT2D eigenvalue weighted by atomic mass is 10.3. The largest absolute Gasteiger partial charge is 0.472 e. The Kier molecular flexibility index (Phi) is 5.05. The van der Waals surface area contributed by atoms with Crippen molar-refractivity contribution >= 4 is 29.2 Å². The summed E-state index contributed by atoms with van der Waals surface area (Å²) in [6, 6.07) is 8.49. The van der Waals surface area contributed by atoms with Crippen LogP contribution in [0, 0.1) is 0 Å². The molecule has 1 saturated heterocycles. The van der Waals surface area contributed by atoms with Gasteiger partial charge in [-0.05, 0) is 30.7 Å². The van der Waals surface area contributed by atoms with Gasteiger partial charge in [0.25, 0.3) is 5.91 Å². The number of nitrogens with one attached hydrogen (secondary N) is 1. The average molecular weight is 348 g/mol. The highest BCUT2D eigenvalue weighted by molar-refractivity contribution is 6.30. The minimum atomic E-state index is -0.185. The number of carbonyl (C=O) groups is 2. The zero-order valence-corrected chi connectivity index (χ0v) is 13.8. The lowest BCUT2D eigenvalue weighted by Crippen LogP contribution is -2.39. The first kappa shape index (κ1) is 16.4. The molecule has 1 fully saturated rings. The van der Waals surface area contributed by atoms with Crippen LogP contribution in [0.15, 0.2) is 47.3 Å². The molecule has 0 spiro atoms. The summed E-state index contributed by atoms with van der Waals surface area (Å²) in [6.07, 6.45) is 3.65. The topological polar surface area (TPSA) is 65.8 Å². The molecular weight excluding hydrogens is 330 g/mol. The SMILES string of the molecule is O=C(Nc1cccc(Cl)c1)N1CCCN(C(=O)c2ccoc2)CC1. The van der Waals surface area contributed by atoms with Crippen LogP contribution in [0.1, 0.15) is 16.8 Å². The van der Waals surface area contributed by atoms with Crippen LogP contribution in [0.3, 0.4) is 0 Å². The van der Waals surface area contributed by atoms with Gasteiger partial charge in [-0.25, -0.2) is 4.79 Å². The van der Waals surface area contributed by atoms with Gasteiger partial charge in [-0.15, -0.1) is 0 Å². The number of benzene rings is 1. The summed E-state index contributed by atoms with van der Waals surface area (Å²) in [5.74, 6) is -0.0687. The van der Waals surface area contributed by atoms with Crippen molar-refractivity contribution in [1.82, 2.24) is 9.80 Å². The van der Waals surface area contributed by atoms with Crippen LogP contribution in [0.5, 0.6) is 0 Å². The van der Waals surface area contributed by atoms with Gasteiger partial charge in [0.2, 0.25) is 0 Å². The maximum atomic E-state index is 12.4. The van der Waals surface area contributed by atoms with Crippen LogP contribution in [-0.2, 0) is 0 Å². The van der Waals surface area contributed by atoms with E-state index in [1.165, 1.54) is 12.5 Å². The standard InChI is InChI=1S/C17H18ClN3O3/c18-14-3-1-4-15(11-14)19-17(23)21-7-2-6-20(8-9-21)16(22)13-5-10-24-12-13/h1,3-5,10-12H,2,6-9H2,(H,19,23). The van der Waals surface area contributed by atoms with Gasteiger partial charge in [0.15, 0.2) is 0 Å². The van der Waals surface area contributed by atoms with Gasteiger partial charge in [-0.3, -0.25) is 4.79 Å². The molecule has 2 aromatic rings. The number of hydrogen-bond donors (Lipinski definition) is 1. The predicted octanol–water partition coefficient (Wildman–Crippen LogP) is 3.31. The van der Waals surface area contributed by atoms with Crippen LogP contribution < -0.4 is 5.32 Å². The fourth-order valence-electron chi connectivity index (χ4n) is 2.66. The van der Waals surface area contributed by atoms with E-state index in [-0.39, 0.29) is 11.9 Å². The smallest absolute Gasteiger partial charge is 0.321 e. The summed E-state index contributed by atoms with van der Waals surface area (Å²) >= 11 is 5.93. The Hall–Kier alpha value is -2.47. The van der Waals surface area contributed by atoms with E-state index in [9.17, 15) is 9.59 Å². The molecule has 0 unspecified atom stereocenters. The highest BCUT2D eigenvalue weighted by Gasteiger charge is 2.23. The first-order chi connectivity index (χ1) is 11.6. The molecule has 24 heavy (non-hydrogen) atoms. The van der Waals surface area contributed by atoms with Crippen LogP contribution in [0.4, 0.5) is 10.5 Å². The molecule has 0 aliphatic carbocycles. The van der Waals surface area contributed by atoms with Crippen molar-refractivity contribution in [2.45, 2.75) is 6.42 Å². The van der Waals surface area contributed by atoms with Crippen molar-refractivity contribution in [3.8, 4) is 0 Å². The molecule has 1 aromatic carbocycles. The van der Waals surface area contributed by atoms with E-state index in [4.69, 9.17) is 16.0 Å². The molecule has 1 aliphatic heterocycles. The van der Waals surface area contributed by atoms with E-state index in [0.29, 0.717) is 42.5 Å². The van der Waals surface area contributed by atoms with Crippen molar-refractivity contribution in [2.24, 2.45) is 0 Å². The molecule has 1 aromatic heterocycles. The average Bonchev–Trinajstić information content (AvgIpc) is 2.98. The Bertz CT molecular complexity index is 718. The Morgan fingerprint density at radius 2 is 1.88 bits per heavy atom. The van der Waals surface area contributed by atoms with Gasteiger partial charge in [-0.2, -0.15) is 0 Å². The summed E-state index contributed by atoms with van der Waals surface area (Å²) in [5, 5.41) is 3.41. The molecule has 1 aliphatic rings. The summed E-state index contributed by atoms with van der Waals surface area (Å²) in [6.45, 7) is 2.19. The number of urea groups is 1. The van der Waals surface area contributed by atoms with E-state index in [2.05, 4.69) is 5.32 Å². The van der Waals surface area contributed by atoms with Crippen LogP contribution in [0.25, 0.3) is 0 Å². The van der Waals surface area contributed by atoms with E-state index >= 15 is 0 Å². The summed E-state index contributed by atoms with van der Waals surface area (Å²) in [4.78, 5) is 28.2. The van der Waals surface area contributed by atoms with Gasteiger partial charge >= 0.3 is 6.03 Å². The number of carbonyl (C=O) groups excluding carboxylic acids is 2. The third-order valence-corrected chi connectivity index (χ3v) is 4.15. The Labute approximate surface area is 145 Å². The third-order valence-electron chi connectivity index (χ3n) is 3.91. The number of hydrogen-bond acceptors (Lipinski definition) is 3. The molecule has 3 amide bonds. The number of anilines is 1. The zero-order valence-electron chi connectivity index (χ0n) is 13.1. The number of rotatable bonds is 2. The molecule has 1 N–H and O–H groups in total. The lowest BCUT2D eigenvalue weighted by Gasteiger charge is -2.22. The van der Waals surface area contributed by atoms with Crippen molar-refractivity contribution in [2.75, 3.05) is 31.5 Å². The van der Waals surface area contributed by atoms with Gasteiger partial charge in [0.05, 0.1) is 11.8 Å². The molecule has 2 heterocycles. The Balaban J connectivity index is 1.59. The molecule has 0 atom stereocenters. The Morgan fingerprint density at radius 3 is 2.62 bits per heavy atom. The predicted molar refractivity (Wildman–Crippen MR) is 91.3 cm³/mol.